The van der Waals surface area contributed by atoms with Crippen LogP contribution in [0.1, 0.15) is 0 Å². The largest absolute Gasteiger partial charge is 0.310 e. The Labute approximate surface area is 216 Å². The lowest BCUT2D eigenvalue weighted by Crippen LogP contribution is -2.60. The van der Waals surface area contributed by atoms with Gasteiger partial charge in [-0.15, -0.1) is 0 Å². The Morgan fingerprint density at radius 2 is 1.00 bits per heavy atom. The highest BCUT2D eigenvalue weighted by Crippen LogP contribution is 2.38. The van der Waals surface area contributed by atoms with Crippen LogP contribution in [0.3, 0.4) is 0 Å². The number of para-hydroxylation sites is 4. The number of hydrogen-bond acceptors (Lipinski definition) is 0. The number of fused-ring (bicyclic) bond motifs is 10. The third kappa shape index (κ3) is 2.29. The number of hydrogen-bond donors (Lipinski definition) is 0. The maximum absolute atomic E-state index is 2.58. The van der Waals surface area contributed by atoms with E-state index in [1.807, 2.05) is 0 Å². The molecule has 0 bridgehead atoms. The molecule has 0 atom stereocenters. The predicted octanol–water partition coefficient (Wildman–Crippen LogP) is 5.57. The zero-order valence-electron chi connectivity index (χ0n) is 21.2. The van der Waals surface area contributed by atoms with Gasteiger partial charge < -0.3 is 9.13 Å². The highest BCUT2D eigenvalue weighted by atomic mass is 28.3. The summed E-state index contributed by atoms with van der Waals surface area (Å²) in [5, 5.41) is 6.91. The molecule has 0 spiro atoms. The summed E-state index contributed by atoms with van der Waals surface area (Å²) in [6.45, 7) is 7.64. The Kier molecular flexibility index (Phi) is 3.50. The zero-order valence-corrected chi connectivity index (χ0v) is 22.2. The smallest absolute Gasteiger partial charge is 0.252 e. The van der Waals surface area contributed by atoms with Crippen molar-refractivity contribution in [3.63, 3.8) is 0 Å². The molecule has 4 heteroatoms. The van der Waals surface area contributed by atoms with Gasteiger partial charge >= 0.3 is 0 Å². The van der Waals surface area contributed by atoms with E-state index in [-0.39, 0.29) is 6.71 Å². The number of benzene rings is 5. The van der Waals surface area contributed by atoms with Crippen molar-refractivity contribution in [1.82, 2.24) is 9.13 Å². The third-order valence-electron chi connectivity index (χ3n) is 8.85. The Bertz CT molecular complexity index is 2000. The van der Waals surface area contributed by atoms with E-state index >= 15 is 0 Å². The van der Waals surface area contributed by atoms with E-state index in [2.05, 4.69) is 126 Å². The van der Waals surface area contributed by atoms with E-state index in [0.29, 0.717) is 0 Å². The highest BCUT2D eigenvalue weighted by Gasteiger charge is 2.41. The fourth-order valence-electron chi connectivity index (χ4n) is 7.26. The first kappa shape index (κ1) is 20.1. The second kappa shape index (κ2) is 6.45. The van der Waals surface area contributed by atoms with Crippen molar-refractivity contribution < 1.29 is 0 Å². The fraction of sp³-hybridized carbons (Fsp3) is 0.0909. The molecule has 0 N–H and O–H groups in total. The summed E-state index contributed by atoms with van der Waals surface area (Å²) in [6, 6.07) is 36.9. The summed E-state index contributed by atoms with van der Waals surface area (Å²) >= 11 is 0. The van der Waals surface area contributed by atoms with Crippen LogP contribution in [0.2, 0.25) is 19.6 Å². The van der Waals surface area contributed by atoms with Crippen LogP contribution < -0.4 is 21.6 Å². The molecule has 2 aliphatic rings. The summed E-state index contributed by atoms with van der Waals surface area (Å²) < 4.78 is 5.16. The van der Waals surface area contributed by atoms with E-state index in [1.54, 1.807) is 0 Å². The van der Waals surface area contributed by atoms with Gasteiger partial charge in [-0.05, 0) is 40.7 Å². The summed E-state index contributed by atoms with van der Waals surface area (Å²) in [5.41, 5.74) is 12.4. The van der Waals surface area contributed by atoms with Crippen LogP contribution in [0.4, 0.5) is 0 Å². The van der Waals surface area contributed by atoms with Crippen molar-refractivity contribution in [1.29, 1.82) is 0 Å². The van der Waals surface area contributed by atoms with Gasteiger partial charge in [-0.1, -0.05) is 97.6 Å². The summed E-state index contributed by atoms with van der Waals surface area (Å²) in [6.07, 6.45) is 0. The first-order valence-electron chi connectivity index (χ1n) is 13.3. The second-order valence-electron chi connectivity index (χ2n) is 11.8. The molecule has 174 valence electrons. The van der Waals surface area contributed by atoms with Gasteiger partial charge in [0.05, 0.1) is 19.1 Å². The quantitative estimate of drug-likeness (QED) is 0.268. The van der Waals surface area contributed by atoms with Crippen LogP contribution in [0, 0.1) is 0 Å². The predicted molar refractivity (Wildman–Crippen MR) is 163 cm³/mol. The molecule has 2 aromatic heterocycles. The van der Waals surface area contributed by atoms with Crippen LogP contribution in [0.25, 0.3) is 55.0 Å². The van der Waals surface area contributed by atoms with Gasteiger partial charge in [0.25, 0.3) is 6.71 Å². The van der Waals surface area contributed by atoms with E-state index in [0.717, 1.165) is 0 Å². The van der Waals surface area contributed by atoms with Crippen molar-refractivity contribution in [3.8, 4) is 11.4 Å². The average Bonchev–Trinajstić information content (AvgIpc) is 3.43. The van der Waals surface area contributed by atoms with E-state index in [9.17, 15) is 0 Å². The van der Waals surface area contributed by atoms with Crippen molar-refractivity contribution >= 4 is 80.0 Å². The molecule has 0 saturated carbocycles. The van der Waals surface area contributed by atoms with Crippen LogP contribution in [0.5, 0.6) is 0 Å². The van der Waals surface area contributed by atoms with Crippen LogP contribution in [-0.4, -0.2) is 23.9 Å². The average molecular weight is 488 g/mol. The Balaban J connectivity index is 1.59. The molecular formula is C33H25BN2Si. The number of rotatable bonds is 1. The monoisotopic (exact) mass is 488 g/mol. The molecule has 0 saturated heterocycles. The Morgan fingerprint density at radius 1 is 0.541 bits per heavy atom. The molecule has 37 heavy (non-hydrogen) atoms. The van der Waals surface area contributed by atoms with Gasteiger partial charge in [0.2, 0.25) is 0 Å². The van der Waals surface area contributed by atoms with Crippen LogP contribution in [0.15, 0.2) is 97.1 Å². The topological polar surface area (TPSA) is 9.86 Å². The first-order chi connectivity index (χ1) is 18.0. The van der Waals surface area contributed by atoms with Gasteiger partial charge in [-0.25, -0.2) is 0 Å². The van der Waals surface area contributed by atoms with Crippen molar-refractivity contribution in [2.75, 3.05) is 0 Å². The third-order valence-corrected chi connectivity index (χ3v) is 10.9. The zero-order chi connectivity index (χ0) is 24.6. The van der Waals surface area contributed by atoms with Gasteiger partial charge in [-0.3, -0.25) is 0 Å². The Hall–Kier alpha value is -4.02. The van der Waals surface area contributed by atoms with Gasteiger partial charge in [0.15, 0.2) is 0 Å². The minimum atomic E-state index is -1.61. The maximum Gasteiger partial charge on any atom is 0.252 e. The van der Waals surface area contributed by atoms with Gasteiger partial charge in [-0.2, -0.15) is 0 Å². The van der Waals surface area contributed by atoms with Crippen molar-refractivity contribution in [2.24, 2.45) is 0 Å². The van der Waals surface area contributed by atoms with E-state index < -0.39 is 8.07 Å². The van der Waals surface area contributed by atoms with Crippen LogP contribution in [-0.2, 0) is 0 Å². The minimum Gasteiger partial charge on any atom is -0.310 e. The number of aromatic nitrogens is 2. The lowest BCUT2D eigenvalue weighted by molar-refractivity contribution is 1.15. The highest BCUT2D eigenvalue weighted by molar-refractivity contribution is 7.00. The molecule has 0 amide bonds. The number of nitrogens with zero attached hydrogens (tertiary/aromatic N) is 2. The molecule has 2 aliphatic heterocycles. The molecule has 2 nitrogen and oxygen atoms in total. The Morgan fingerprint density at radius 3 is 1.49 bits per heavy atom. The maximum atomic E-state index is 2.58. The summed E-state index contributed by atoms with van der Waals surface area (Å²) in [7, 11) is -1.61. The van der Waals surface area contributed by atoms with E-state index in [1.165, 1.54) is 76.6 Å². The van der Waals surface area contributed by atoms with Crippen molar-refractivity contribution in [2.45, 2.75) is 19.6 Å². The van der Waals surface area contributed by atoms with Gasteiger partial charge in [0, 0.05) is 44.0 Å². The summed E-state index contributed by atoms with van der Waals surface area (Å²) in [4.78, 5) is 0. The SMILES string of the molecule is C[Si](C)(C)c1cc2c3c(c1)-n1c4ccccc4c4cccc(c41)B3c1cccc3c4ccccc4n-2c13. The molecule has 0 fully saturated rings. The lowest BCUT2D eigenvalue weighted by atomic mass is 9.34. The lowest BCUT2D eigenvalue weighted by Gasteiger charge is -2.35. The van der Waals surface area contributed by atoms with E-state index in [4.69, 9.17) is 0 Å². The molecule has 0 radical (unpaired) electrons. The molecule has 4 heterocycles. The first-order valence-corrected chi connectivity index (χ1v) is 16.8. The standard InChI is InChI=1S/C33H25BN2Si/c1-37(2,3)20-18-29-31-30(19-20)36-28-17-7-5-11-22(28)24-13-9-15-26(33(24)36)34(31)25-14-8-12-23-21-10-4-6-16-27(21)35(29)32(23)25/h4-19H,1-3H3. The molecule has 7 aromatic rings. The van der Waals surface area contributed by atoms with Crippen LogP contribution >= 0.6 is 0 Å². The van der Waals surface area contributed by atoms with Crippen molar-refractivity contribution in [3.05, 3.63) is 97.1 Å². The second-order valence-corrected chi connectivity index (χ2v) is 16.9. The summed E-state index contributed by atoms with van der Waals surface area (Å²) in [5.74, 6) is 0. The molecule has 0 unspecified atom stereocenters. The fourth-order valence-corrected chi connectivity index (χ4v) is 8.40. The minimum absolute atomic E-state index is 0.224. The van der Waals surface area contributed by atoms with Gasteiger partial charge in [0.1, 0.15) is 0 Å². The molecular weight excluding hydrogens is 463 g/mol. The molecule has 5 aromatic carbocycles. The molecule has 0 aliphatic carbocycles. The normalized spacial score (nSPS) is 13.8. The molecule has 9 rings (SSSR count).